The van der Waals surface area contributed by atoms with E-state index in [1.54, 1.807) is 6.07 Å². The quantitative estimate of drug-likeness (QED) is 0.680. The molecule has 0 saturated carbocycles. The molecule has 0 amide bonds. The Kier molecular flexibility index (Phi) is 5.22. The second-order valence-corrected chi connectivity index (χ2v) is 7.25. The van der Waals surface area contributed by atoms with Gasteiger partial charge in [-0.05, 0) is 53.6 Å². The van der Waals surface area contributed by atoms with Gasteiger partial charge in [-0.15, -0.1) is 0 Å². The van der Waals surface area contributed by atoms with Crippen molar-refractivity contribution < 1.29 is 4.79 Å². The molecule has 1 aliphatic rings. The lowest BCUT2D eigenvalue weighted by Crippen LogP contribution is -2.43. The number of nitrogens with zero attached hydrogens (tertiary/aromatic N) is 1. The van der Waals surface area contributed by atoms with Gasteiger partial charge in [-0.1, -0.05) is 43.3 Å². The lowest BCUT2D eigenvalue weighted by atomic mass is 9.95. The monoisotopic (exact) mass is 372 g/mol. The number of nitrogens with one attached hydrogen (secondary N) is 1. The molecule has 4 rings (SSSR count). The SMILES string of the molecule is CCC(C(=O)c1ccc2[nH]c(=O)ccc2c1)N1CC=C(c2ccccc2)CC1. The Bertz CT molecular complexity index is 1080. The number of hydrogen-bond acceptors (Lipinski definition) is 3. The standard InChI is InChI=1S/C24H24N2O2/c1-2-22(26-14-12-18(13-15-26)17-6-4-3-5-7-17)24(28)20-8-10-21-19(16-20)9-11-23(27)25-21/h3-12,16,22H,2,13-15H2,1H3,(H,25,27). The zero-order valence-electron chi connectivity index (χ0n) is 16.0. The number of benzene rings is 2. The van der Waals surface area contributed by atoms with E-state index in [2.05, 4.69) is 47.1 Å². The number of hydrogen-bond donors (Lipinski definition) is 1. The number of carbonyl (C=O) groups is 1. The van der Waals surface area contributed by atoms with Crippen molar-refractivity contribution in [3.8, 4) is 0 Å². The number of fused-ring (bicyclic) bond motifs is 1. The summed E-state index contributed by atoms with van der Waals surface area (Å²) in [5.41, 5.74) is 3.95. The molecule has 0 saturated heterocycles. The number of carbonyl (C=O) groups excluding carboxylic acids is 1. The van der Waals surface area contributed by atoms with Gasteiger partial charge in [0.2, 0.25) is 5.56 Å². The first-order valence-electron chi connectivity index (χ1n) is 9.81. The van der Waals surface area contributed by atoms with Crippen LogP contribution in [0.2, 0.25) is 0 Å². The molecule has 1 atom stereocenters. The predicted molar refractivity (Wildman–Crippen MR) is 114 cm³/mol. The Labute approximate surface area is 164 Å². The Morgan fingerprint density at radius 3 is 2.64 bits per heavy atom. The van der Waals surface area contributed by atoms with E-state index in [-0.39, 0.29) is 17.4 Å². The summed E-state index contributed by atoms with van der Waals surface area (Å²) in [4.78, 5) is 29.7. The minimum atomic E-state index is -0.132. The van der Waals surface area contributed by atoms with Gasteiger partial charge < -0.3 is 4.98 Å². The van der Waals surface area contributed by atoms with Gasteiger partial charge in [0.15, 0.2) is 5.78 Å². The van der Waals surface area contributed by atoms with Crippen LogP contribution in [0.3, 0.4) is 0 Å². The highest BCUT2D eigenvalue weighted by Crippen LogP contribution is 2.25. The van der Waals surface area contributed by atoms with Crippen molar-refractivity contribution >= 4 is 22.3 Å². The van der Waals surface area contributed by atoms with Gasteiger partial charge in [0.1, 0.15) is 0 Å². The number of aromatic nitrogens is 1. The molecule has 28 heavy (non-hydrogen) atoms. The molecule has 4 heteroatoms. The molecule has 0 bridgehead atoms. The smallest absolute Gasteiger partial charge is 0.248 e. The predicted octanol–water partition coefficient (Wildman–Crippen LogP) is 4.28. The van der Waals surface area contributed by atoms with E-state index in [0.717, 1.165) is 36.8 Å². The summed E-state index contributed by atoms with van der Waals surface area (Å²) in [6.07, 6.45) is 3.98. The number of pyridine rings is 1. The first kappa shape index (κ1) is 18.4. The highest BCUT2D eigenvalue weighted by atomic mass is 16.1. The highest BCUT2D eigenvalue weighted by Gasteiger charge is 2.26. The van der Waals surface area contributed by atoms with Crippen LogP contribution in [0.25, 0.3) is 16.5 Å². The first-order valence-corrected chi connectivity index (χ1v) is 9.81. The van der Waals surface area contributed by atoms with Gasteiger partial charge in [-0.25, -0.2) is 0 Å². The minimum absolute atomic E-state index is 0.131. The summed E-state index contributed by atoms with van der Waals surface area (Å²) in [5, 5.41) is 0.880. The van der Waals surface area contributed by atoms with Crippen LogP contribution >= 0.6 is 0 Å². The third-order valence-corrected chi connectivity index (χ3v) is 5.52. The Hall–Kier alpha value is -2.98. The minimum Gasteiger partial charge on any atom is -0.322 e. The number of H-pyrrole nitrogens is 1. The molecule has 4 nitrogen and oxygen atoms in total. The van der Waals surface area contributed by atoms with Crippen molar-refractivity contribution in [3.63, 3.8) is 0 Å². The van der Waals surface area contributed by atoms with Crippen LogP contribution in [-0.2, 0) is 0 Å². The third kappa shape index (κ3) is 3.69. The van der Waals surface area contributed by atoms with Crippen LogP contribution in [-0.4, -0.2) is 34.8 Å². The maximum absolute atomic E-state index is 13.2. The van der Waals surface area contributed by atoms with Crippen molar-refractivity contribution in [2.24, 2.45) is 0 Å². The van der Waals surface area contributed by atoms with Crippen LogP contribution in [0.4, 0.5) is 0 Å². The van der Waals surface area contributed by atoms with Crippen LogP contribution in [0.5, 0.6) is 0 Å². The lowest BCUT2D eigenvalue weighted by Gasteiger charge is -2.32. The fourth-order valence-electron chi connectivity index (χ4n) is 3.99. The largest absolute Gasteiger partial charge is 0.322 e. The van der Waals surface area contributed by atoms with Gasteiger partial charge in [-0.3, -0.25) is 14.5 Å². The molecule has 2 heterocycles. The molecular formula is C24H24N2O2. The molecule has 1 unspecified atom stereocenters. The van der Waals surface area contributed by atoms with Crippen molar-refractivity contribution in [1.82, 2.24) is 9.88 Å². The highest BCUT2D eigenvalue weighted by molar-refractivity contribution is 6.02. The maximum Gasteiger partial charge on any atom is 0.248 e. The number of ketones is 1. The lowest BCUT2D eigenvalue weighted by molar-refractivity contribution is 0.0826. The van der Waals surface area contributed by atoms with Crippen molar-refractivity contribution in [2.75, 3.05) is 13.1 Å². The van der Waals surface area contributed by atoms with Gasteiger partial charge >= 0.3 is 0 Å². The van der Waals surface area contributed by atoms with E-state index in [0.29, 0.717) is 5.56 Å². The van der Waals surface area contributed by atoms with E-state index in [1.807, 2.05) is 24.3 Å². The summed E-state index contributed by atoms with van der Waals surface area (Å²) < 4.78 is 0. The molecule has 3 aromatic rings. The van der Waals surface area contributed by atoms with E-state index in [4.69, 9.17) is 0 Å². The first-order chi connectivity index (χ1) is 13.7. The van der Waals surface area contributed by atoms with Crippen molar-refractivity contribution in [1.29, 1.82) is 0 Å². The summed E-state index contributed by atoms with van der Waals surface area (Å²) >= 11 is 0. The fourth-order valence-corrected chi connectivity index (χ4v) is 3.99. The summed E-state index contributed by atoms with van der Waals surface area (Å²) in [6, 6.07) is 19.1. The van der Waals surface area contributed by atoms with Gasteiger partial charge in [0.25, 0.3) is 0 Å². The zero-order valence-corrected chi connectivity index (χ0v) is 16.0. The van der Waals surface area contributed by atoms with Gasteiger partial charge in [0, 0.05) is 30.2 Å². The van der Waals surface area contributed by atoms with Gasteiger partial charge in [-0.2, -0.15) is 0 Å². The maximum atomic E-state index is 13.2. The molecule has 0 spiro atoms. The molecule has 0 radical (unpaired) electrons. The van der Waals surface area contributed by atoms with E-state index in [1.165, 1.54) is 17.2 Å². The fraction of sp³-hybridized carbons (Fsp3) is 0.250. The second-order valence-electron chi connectivity index (χ2n) is 7.25. The van der Waals surface area contributed by atoms with E-state index < -0.39 is 0 Å². The van der Waals surface area contributed by atoms with Crippen LogP contribution in [0, 0.1) is 0 Å². The van der Waals surface area contributed by atoms with Gasteiger partial charge in [0.05, 0.1) is 6.04 Å². The number of Topliss-reactive ketones (excluding diaryl/α,β-unsaturated/α-hetero) is 1. The number of aromatic amines is 1. The molecule has 1 aliphatic heterocycles. The van der Waals surface area contributed by atoms with Crippen LogP contribution in [0.15, 0.2) is 71.5 Å². The second kappa shape index (κ2) is 7.95. The van der Waals surface area contributed by atoms with Crippen molar-refractivity contribution in [2.45, 2.75) is 25.8 Å². The summed E-state index contributed by atoms with van der Waals surface area (Å²) in [6.45, 7) is 3.73. The molecular weight excluding hydrogens is 348 g/mol. The third-order valence-electron chi connectivity index (χ3n) is 5.52. The topological polar surface area (TPSA) is 53.2 Å². The molecule has 0 aliphatic carbocycles. The van der Waals surface area contributed by atoms with Crippen LogP contribution in [0.1, 0.15) is 35.7 Å². The average Bonchev–Trinajstić information content (AvgIpc) is 2.75. The molecule has 1 N–H and O–H groups in total. The van der Waals surface area contributed by atoms with E-state index >= 15 is 0 Å². The number of rotatable bonds is 5. The summed E-state index contributed by atoms with van der Waals surface area (Å²) in [7, 11) is 0. The normalized spacial score (nSPS) is 16.0. The zero-order chi connectivity index (χ0) is 19.5. The Balaban J connectivity index is 1.54. The van der Waals surface area contributed by atoms with Crippen molar-refractivity contribution in [3.05, 3.63) is 88.2 Å². The van der Waals surface area contributed by atoms with Crippen LogP contribution < -0.4 is 5.56 Å². The average molecular weight is 372 g/mol. The summed E-state index contributed by atoms with van der Waals surface area (Å²) in [5.74, 6) is 0.146. The molecule has 142 valence electrons. The molecule has 2 aromatic carbocycles. The Morgan fingerprint density at radius 1 is 1.11 bits per heavy atom. The molecule has 1 aromatic heterocycles. The van der Waals surface area contributed by atoms with E-state index in [9.17, 15) is 9.59 Å². The molecule has 0 fully saturated rings. The Morgan fingerprint density at radius 2 is 1.93 bits per heavy atom.